The van der Waals surface area contributed by atoms with Crippen LogP contribution in [0, 0.1) is 17.0 Å². The molecular weight excluding hydrogens is 274 g/mol. The van der Waals surface area contributed by atoms with Crippen molar-refractivity contribution in [2.45, 2.75) is 38.6 Å². The molecule has 4 N–H and O–H groups in total. The molecule has 1 atom stereocenters. The van der Waals surface area contributed by atoms with Gasteiger partial charge >= 0.3 is 0 Å². The number of nitro benzene ring substituents is 1. The summed E-state index contributed by atoms with van der Waals surface area (Å²) in [4.78, 5) is 21.2. The van der Waals surface area contributed by atoms with Gasteiger partial charge in [-0.05, 0) is 44.7 Å². The van der Waals surface area contributed by atoms with Crippen LogP contribution in [0.2, 0.25) is 0 Å². The Balaban J connectivity index is 2.40. The molecule has 116 valence electrons. The van der Waals surface area contributed by atoms with Crippen molar-refractivity contribution in [3.8, 4) is 5.75 Å². The first kappa shape index (κ1) is 16.9. The lowest BCUT2D eigenvalue weighted by molar-refractivity contribution is -0.384. The second-order valence-corrected chi connectivity index (χ2v) is 5.29. The van der Waals surface area contributed by atoms with Gasteiger partial charge in [0.05, 0.1) is 17.1 Å². The number of aryl methyl sites for hydroxylation is 1. The van der Waals surface area contributed by atoms with Crippen molar-refractivity contribution >= 4 is 11.6 Å². The molecule has 0 saturated heterocycles. The Morgan fingerprint density at radius 3 is 2.62 bits per heavy atom. The zero-order valence-corrected chi connectivity index (χ0v) is 12.3. The van der Waals surface area contributed by atoms with Gasteiger partial charge in [0, 0.05) is 12.1 Å². The van der Waals surface area contributed by atoms with Crippen LogP contribution in [0.4, 0.5) is 5.69 Å². The molecule has 0 heterocycles. The Morgan fingerprint density at radius 1 is 1.43 bits per heavy atom. The van der Waals surface area contributed by atoms with Crippen LogP contribution in [-0.2, 0) is 4.79 Å². The first-order chi connectivity index (χ1) is 9.74. The van der Waals surface area contributed by atoms with Crippen molar-refractivity contribution in [2.24, 2.45) is 11.5 Å². The lowest BCUT2D eigenvalue weighted by Crippen LogP contribution is -2.49. The zero-order chi connectivity index (χ0) is 16.0. The number of benzene rings is 1. The highest BCUT2D eigenvalue weighted by atomic mass is 16.6. The Bertz CT molecular complexity index is 529. The summed E-state index contributed by atoms with van der Waals surface area (Å²) in [6.45, 7) is 3.82. The molecule has 0 radical (unpaired) electrons. The van der Waals surface area contributed by atoms with E-state index >= 15 is 0 Å². The second-order valence-electron chi connectivity index (χ2n) is 5.29. The fraction of sp³-hybridized carbons (Fsp3) is 0.500. The predicted octanol–water partition coefficient (Wildman–Crippen LogP) is 1.66. The van der Waals surface area contributed by atoms with Gasteiger partial charge in [0.15, 0.2) is 0 Å². The number of nitro groups is 1. The molecule has 1 amide bonds. The van der Waals surface area contributed by atoms with Crippen LogP contribution < -0.4 is 16.2 Å². The fourth-order valence-corrected chi connectivity index (χ4v) is 1.81. The normalized spacial score (nSPS) is 13.5. The molecule has 0 spiro atoms. The predicted molar refractivity (Wildman–Crippen MR) is 79.0 cm³/mol. The fourth-order valence-electron chi connectivity index (χ4n) is 1.81. The van der Waals surface area contributed by atoms with E-state index in [1.807, 2.05) is 0 Å². The molecule has 0 saturated carbocycles. The van der Waals surface area contributed by atoms with Gasteiger partial charge in [-0.3, -0.25) is 14.9 Å². The molecule has 0 aromatic heterocycles. The molecule has 1 aromatic rings. The van der Waals surface area contributed by atoms with Gasteiger partial charge in [-0.2, -0.15) is 0 Å². The topological polar surface area (TPSA) is 121 Å². The number of carbonyl (C=O) groups excluding carboxylic acids is 1. The number of rotatable bonds is 8. The number of hydrogen-bond donors (Lipinski definition) is 2. The summed E-state index contributed by atoms with van der Waals surface area (Å²) >= 11 is 0. The Kier molecular flexibility index (Phi) is 5.66. The average molecular weight is 295 g/mol. The van der Waals surface area contributed by atoms with Crippen LogP contribution >= 0.6 is 0 Å². The minimum atomic E-state index is -0.997. The number of non-ortho nitro benzene ring substituents is 1. The highest BCUT2D eigenvalue weighted by molar-refractivity contribution is 5.83. The number of nitrogens with two attached hydrogens (primary N) is 2. The van der Waals surface area contributed by atoms with Gasteiger partial charge < -0.3 is 16.2 Å². The molecule has 0 aliphatic rings. The summed E-state index contributed by atoms with van der Waals surface area (Å²) in [6, 6.07) is 4.47. The van der Waals surface area contributed by atoms with E-state index in [1.165, 1.54) is 12.1 Å². The maximum Gasteiger partial charge on any atom is 0.269 e. The Morgan fingerprint density at radius 2 is 2.10 bits per heavy atom. The Hall–Kier alpha value is -2.15. The first-order valence-electron chi connectivity index (χ1n) is 6.70. The summed E-state index contributed by atoms with van der Waals surface area (Å²) in [6.07, 6.45) is 1.92. The molecule has 1 rings (SSSR count). The number of hydrogen-bond acceptors (Lipinski definition) is 5. The first-order valence-corrected chi connectivity index (χ1v) is 6.70. The third kappa shape index (κ3) is 5.03. The molecule has 21 heavy (non-hydrogen) atoms. The van der Waals surface area contributed by atoms with E-state index in [-0.39, 0.29) is 5.69 Å². The van der Waals surface area contributed by atoms with Crippen LogP contribution in [0.1, 0.15) is 31.7 Å². The standard InChI is InChI=1S/C14H21N3O4/c1-10-9-11(17(19)20)5-6-12(10)21-8-4-3-7-14(2,16)13(15)18/h5-6,9H,3-4,7-8,16H2,1-2H3,(H2,15,18). The monoisotopic (exact) mass is 295 g/mol. The Labute approximate surface area is 123 Å². The largest absolute Gasteiger partial charge is 0.493 e. The van der Waals surface area contributed by atoms with Crippen LogP contribution in [0.15, 0.2) is 18.2 Å². The van der Waals surface area contributed by atoms with E-state index in [0.717, 1.165) is 6.42 Å². The van der Waals surface area contributed by atoms with Crippen LogP contribution in [-0.4, -0.2) is 23.0 Å². The van der Waals surface area contributed by atoms with Crippen LogP contribution in [0.3, 0.4) is 0 Å². The maximum absolute atomic E-state index is 11.0. The molecule has 7 nitrogen and oxygen atoms in total. The van der Waals surface area contributed by atoms with Gasteiger partial charge in [0.1, 0.15) is 5.75 Å². The molecular formula is C14H21N3O4. The van der Waals surface area contributed by atoms with Gasteiger partial charge in [-0.15, -0.1) is 0 Å². The quantitative estimate of drug-likeness (QED) is 0.429. The van der Waals surface area contributed by atoms with E-state index < -0.39 is 16.4 Å². The SMILES string of the molecule is Cc1cc([N+](=O)[O-])ccc1OCCCCC(C)(N)C(N)=O. The maximum atomic E-state index is 11.0. The van der Waals surface area contributed by atoms with Gasteiger partial charge in [-0.25, -0.2) is 0 Å². The summed E-state index contributed by atoms with van der Waals surface area (Å²) in [5.41, 5.74) is 10.7. The third-order valence-corrected chi connectivity index (χ3v) is 3.28. The van der Waals surface area contributed by atoms with Gasteiger partial charge in [-0.1, -0.05) is 0 Å². The molecule has 1 unspecified atom stereocenters. The van der Waals surface area contributed by atoms with Crippen molar-refractivity contribution < 1.29 is 14.5 Å². The lowest BCUT2D eigenvalue weighted by atomic mass is 9.96. The van der Waals surface area contributed by atoms with E-state index in [4.69, 9.17) is 16.2 Å². The number of carbonyl (C=O) groups is 1. The molecule has 0 fully saturated rings. The van der Waals surface area contributed by atoms with Crippen molar-refractivity contribution in [1.29, 1.82) is 0 Å². The summed E-state index contributed by atoms with van der Waals surface area (Å²) in [7, 11) is 0. The minimum Gasteiger partial charge on any atom is -0.493 e. The molecule has 7 heteroatoms. The smallest absolute Gasteiger partial charge is 0.269 e. The second kappa shape index (κ2) is 7.03. The summed E-state index contributed by atoms with van der Waals surface area (Å²) in [5, 5.41) is 10.6. The van der Waals surface area contributed by atoms with Crippen LogP contribution in [0.25, 0.3) is 0 Å². The van der Waals surface area contributed by atoms with Crippen LogP contribution in [0.5, 0.6) is 5.75 Å². The summed E-state index contributed by atoms with van der Waals surface area (Å²) in [5.74, 6) is 0.0978. The van der Waals surface area contributed by atoms with Gasteiger partial charge in [0.2, 0.25) is 5.91 Å². The average Bonchev–Trinajstić information content (AvgIpc) is 2.39. The van der Waals surface area contributed by atoms with E-state index in [2.05, 4.69) is 0 Å². The number of amides is 1. The van der Waals surface area contributed by atoms with Crippen molar-refractivity contribution in [3.63, 3.8) is 0 Å². The highest BCUT2D eigenvalue weighted by Crippen LogP contribution is 2.23. The lowest BCUT2D eigenvalue weighted by Gasteiger charge is -2.20. The highest BCUT2D eigenvalue weighted by Gasteiger charge is 2.24. The van der Waals surface area contributed by atoms with Gasteiger partial charge in [0.25, 0.3) is 5.69 Å². The van der Waals surface area contributed by atoms with E-state index in [1.54, 1.807) is 19.9 Å². The molecule has 0 bridgehead atoms. The zero-order valence-electron chi connectivity index (χ0n) is 12.3. The van der Waals surface area contributed by atoms with E-state index in [9.17, 15) is 14.9 Å². The number of ether oxygens (including phenoxy) is 1. The van der Waals surface area contributed by atoms with Crippen molar-refractivity contribution in [1.82, 2.24) is 0 Å². The van der Waals surface area contributed by atoms with Crippen molar-refractivity contribution in [3.05, 3.63) is 33.9 Å². The molecule has 0 aliphatic heterocycles. The molecule has 0 aliphatic carbocycles. The van der Waals surface area contributed by atoms with E-state index in [0.29, 0.717) is 30.8 Å². The third-order valence-electron chi connectivity index (χ3n) is 3.28. The molecule has 1 aromatic carbocycles. The summed E-state index contributed by atoms with van der Waals surface area (Å²) < 4.78 is 5.57. The minimum absolute atomic E-state index is 0.0419. The van der Waals surface area contributed by atoms with Crippen molar-refractivity contribution in [2.75, 3.05) is 6.61 Å². The number of unbranched alkanes of at least 4 members (excludes halogenated alkanes) is 1. The number of primary amides is 1. The number of nitrogens with zero attached hydrogens (tertiary/aromatic N) is 1.